The maximum Gasteiger partial charge on any atom is 0.316 e. The van der Waals surface area contributed by atoms with E-state index >= 15 is 0 Å². The van der Waals surface area contributed by atoms with Crippen LogP contribution in [0.2, 0.25) is 0 Å². The fraction of sp³-hybridized carbons (Fsp3) is 0.429. The van der Waals surface area contributed by atoms with E-state index in [9.17, 15) is 14.0 Å². The number of carbonyl (C=O) groups is 2. The van der Waals surface area contributed by atoms with Gasteiger partial charge in [-0.15, -0.1) is 0 Å². The van der Waals surface area contributed by atoms with Crippen LogP contribution in [0.3, 0.4) is 0 Å². The van der Waals surface area contributed by atoms with Gasteiger partial charge in [0.05, 0.1) is 0 Å². The highest BCUT2D eigenvalue weighted by Crippen LogP contribution is 2.54. The molecule has 3 rings (SSSR count). The van der Waals surface area contributed by atoms with Crippen LogP contribution < -0.4 is 4.90 Å². The normalized spacial score (nSPS) is 24.6. The van der Waals surface area contributed by atoms with Crippen molar-refractivity contribution >= 4 is 17.6 Å². The minimum Gasteiger partial charge on any atom is -0.481 e. The number of halogens is 1. The Hall–Kier alpha value is -1.91. The zero-order valence-electron chi connectivity index (χ0n) is 10.3. The van der Waals surface area contributed by atoms with Crippen molar-refractivity contribution in [2.45, 2.75) is 19.3 Å². The summed E-state index contributed by atoms with van der Waals surface area (Å²) < 4.78 is 12.9. The predicted molar refractivity (Wildman–Crippen MR) is 66.2 cm³/mol. The number of anilines is 1. The van der Waals surface area contributed by atoms with E-state index in [1.165, 1.54) is 29.2 Å². The molecule has 1 saturated heterocycles. The predicted octanol–water partition coefficient (Wildman–Crippen LogP) is 2.04. The summed E-state index contributed by atoms with van der Waals surface area (Å²) in [6, 6.07) is 5.61. The molecule has 5 heteroatoms. The van der Waals surface area contributed by atoms with Gasteiger partial charge in [0.2, 0.25) is 5.91 Å². The van der Waals surface area contributed by atoms with Crippen LogP contribution in [-0.4, -0.2) is 23.5 Å². The number of amides is 1. The molecule has 0 aromatic heterocycles. The van der Waals surface area contributed by atoms with Gasteiger partial charge in [-0.3, -0.25) is 9.59 Å². The van der Waals surface area contributed by atoms with Gasteiger partial charge >= 0.3 is 5.97 Å². The lowest BCUT2D eigenvalue weighted by atomic mass is 9.85. The van der Waals surface area contributed by atoms with Crippen molar-refractivity contribution in [1.82, 2.24) is 0 Å². The van der Waals surface area contributed by atoms with Gasteiger partial charge in [0.1, 0.15) is 11.7 Å². The van der Waals surface area contributed by atoms with Crippen molar-refractivity contribution in [1.29, 1.82) is 0 Å². The number of hydrogen-bond donors (Lipinski definition) is 1. The Labute approximate surface area is 109 Å². The third kappa shape index (κ3) is 2.09. The average Bonchev–Trinajstić information content (AvgIpc) is 3.13. The molecule has 100 valence electrons. The minimum absolute atomic E-state index is 0.0364. The molecule has 4 nitrogen and oxygen atoms in total. The second-order valence-electron chi connectivity index (χ2n) is 5.50. The molecule has 2 aliphatic rings. The number of aliphatic carboxylic acids is 1. The summed E-state index contributed by atoms with van der Waals surface area (Å²) in [6.07, 6.45) is 2.35. The van der Waals surface area contributed by atoms with Gasteiger partial charge in [-0.1, -0.05) is 0 Å². The number of carboxylic acid groups (broad SMARTS) is 1. The highest BCUT2D eigenvalue weighted by atomic mass is 19.1. The fourth-order valence-electron chi connectivity index (χ4n) is 2.76. The highest BCUT2D eigenvalue weighted by Gasteiger charge is 2.53. The number of benzene rings is 1. The van der Waals surface area contributed by atoms with Crippen molar-refractivity contribution in [2.24, 2.45) is 11.3 Å². The SMILES string of the molecule is O=C(O)C1CC2(CC2)CN(c2ccc(F)cc2)C1=O. The zero-order chi connectivity index (χ0) is 13.6. The molecule has 1 aromatic carbocycles. The first-order valence-corrected chi connectivity index (χ1v) is 6.31. The lowest BCUT2D eigenvalue weighted by Crippen LogP contribution is -2.49. The molecule has 1 unspecified atom stereocenters. The van der Waals surface area contributed by atoms with Crippen LogP contribution >= 0.6 is 0 Å². The molecule has 0 bridgehead atoms. The molecule has 19 heavy (non-hydrogen) atoms. The standard InChI is InChI=1S/C14H14FNO3/c15-9-1-3-10(4-2-9)16-8-14(5-6-14)7-11(12(16)17)13(18)19/h1-4,11H,5-8H2,(H,18,19). The van der Waals surface area contributed by atoms with Crippen molar-refractivity contribution in [3.05, 3.63) is 30.1 Å². The quantitative estimate of drug-likeness (QED) is 0.831. The van der Waals surface area contributed by atoms with Gasteiger partial charge in [-0.05, 0) is 48.9 Å². The van der Waals surface area contributed by atoms with Crippen molar-refractivity contribution in [3.8, 4) is 0 Å². The highest BCUT2D eigenvalue weighted by molar-refractivity contribution is 6.06. The van der Waals surface area contributed by atoms with Gasteiger partial charge in [0, 0.05) is 12.2 Å². The van der Waals surface area contributed by atoms with Gasteiger partial charge < -0.3 is 10.0 Å². The third-order valence-electron chi connectivity index (χ3n) is 4.09. The second-order valence-corrected chi connectivity index (χ2v) is 5.50. The molecular formula is C14H14FNO3. The maximum absolute atomic E-state index is 12.9. The first-order chi connectivity index (χ1) is 9.01. The summed E-state index contributed by atoms with van der Waals surface area (Å²) in [6.45, 7) is 0.543. The minimum atomic E-state index is -1.07. The number of carbonyl (C=O) groups excluding carboxylic acids is 1. The van der Waals surface area contributed by atoms with Gasteiger partial charge in [0.25, 0.3) is 0 Å². The van der Waals surface area contributed by atoms with E-state index < -0.39 is 17.8 Å². The molecule has 2 fully saturated rings. The first-order valence-electron chi connectivity index (χ1n) is 6.31. The van der Waals surface area contributed by atoms with E-state index in [2.05, 4.69) is 0 Å². The summed E-state index contributed by atoms with van der Waals surface area (Å²) in [4.78, 5) is 24.9. The summed E-state index contributed by atoms with van der Waals surface area (Å²) >= 11 is 0. The average molecular weight is 263 g/mol. The van der Waals surface area contributed by atoms with Crippen LogP contribution in [0.4, 0.5) is 10.1 Å². The van der Waals surface area contributed by atoms with Gasteiger partial charge in [-0.25, -0.2) is 4.39 Å². The van der Waals surface area contributed by atoms with Gasteiger partial charge in [-0.2, -0.15) is 0 Å². The Balaban J connectivity index is 1.93. The molecule has 1 amide bonds. The largest absolute Gasteiger partial charge is 0.481 e. The van der Waals surface area contributed by atoms with E-state index in [-0.39, 0.29) is 11.2 Å². The van der Waals surface area contributed by atoms with Crippen LogP contribution in [-0.2, 0) is 9.59 Å². The Morgan fingerprint density at radius 2 is 1.95 bits per heavy atom. The lowest BCUT2D eigenvalue weighted by Gasteiger charge is -2.36. The van der Waals surface area contributed by atoms with E-state index in [0.717, 1.165) is 12.8 Å². The molecule has 1 spiro atoms. The number of nitrogens with zero attached hydrogens (tertiary/aromatic N) is 1. The molecule has 1 aromatic rings. The number of rotatable bonds is 2. The van der Waals surface area contributed by atoms with Crippen LogP contribution in [0, 0.1) is 17.2 Å². The van der Waals surface area contributed by atoms with E-state index in [4.69, 9.17) is 5.11 Å². The van der Waals surface area contributed by atoms with Crippen LogP contribution in [0.5, 0.6) is 0 Å². The monoisotopic (exact) mass is 263 g/mol. The van der Waals surface area contributed by atoms with E-state index in [1.54, 1.807) is 0 Å². The van der Waals surface area contributed by atoms with Crippen molar-refractivity contribution in [3.63, 3.8) is 0 Å². The molecule has 1 aliphatic carbocycles. The summed E-state index contributed by atoms with van der Waals surface area (Å²) in [5.74, 6) is -2.80. The van der Waals surface area contributed by atoms with Crippen molar-refractivity contribution < 1.29 is 19.1 Å². The van der Waals surface area contributed by atoms with E-state index in [0.29, 0.717) is 18.7 Å². The molecule has 1 heterocycles. The molecule has 1 N–H and O–H groups in total. The van der Waals surface area contributed by atoms with Gasteiger partial charge in [0.15, 0.2) is 0 Å². The smallest absolute Gasteiger partial charge is 0.316 e. The Morgan fingerprint density at radius 1 is 1.32 bits per heavy atom. The van der Waals surface area contributed by atoms with Crippen molar-refractivity contribution in [2.75, 3.05) is 11.4 Å². The Bertz CT molecular complexity index is 536. The molecular weight excluding hydrogens is 249 g/mol. The fourth-order valence-corrected chi connectivity index (χ4v) is 2.76. The molecule has 1 atom stereocenters. The Morgan fingerprint density at radius 3 is 2.47 bits per heavy atom. The van der Waals surface area contributed by atoms with E-state index in [1.807, 2.05) is 0 Å². The third-order valence-corrected chi connectivity index (χ3v) is 4.09. The zero-order valence-corrected chi connectivity index (χ0v) is 10.3. The summed E-state index contributed by atoms with van der Waals surface area (Å²) in [7, 11) is 0. The summed E-state index contributed by atoms with van der Waals surface area (Å²) in [5.41, 5.74) is 0.536. The van der Waals surface area contributed by atoms with Crippen LogP contribution in [0.1, 0.15) is 19.3 Å². The lowest BCUT2D eigenvalue weighted by molar-refractivity contribution is -0.148. The summed E-state index contributed by atoms with van der Waals surface area (Å²) in [5, 5.41) is 9.17. The topological polar surface area (TPSA) is 57.6 Å². The first kappa shape index (κ1) is 12.1. The molecule has 0 radical (unpaired) electrons. The Kier molecular flexibility index (Phi) is 2.59. The van der Waals surface area contributed by atoms with Crippen LogP contribution in [0.25, 0.3) is 0 Å². The maximum atomic E-state index is 12.9. The number of hydrogen-bond acceptors (Lipinski definition) is 2. The van der Waals surface area contributed by atoms with Crippen LogP contribution in [0.15, 0.2) is 24.3 Å². The molecule has 1 saturated carbocycles. The number of piperidine rings is 1. The number of carboxylic acids is 1. The molecule has 1 aliphatic heterocycles. The second kappa shape index (κ2) is 4.05.